The van der Waals surface area contributed by atoms with Crippen molar-refractivity contribution >= 4 is 11.3 Å². The first-order chi connectivity index (χ1) is 8.83. The highest BCUT2D eigenvalue weighted by Crippen LogP contribution is 2.30. The highest BCUT2D eigenvalue weighted by molar-refractivity contribution is 7.11. The van der Waals surface area contributed by atoms with Gasteiger partial charge in [0.25, 0.3) is 0 Å². The van der Waals surface area contributed by atoms with Gasteiger partial charge in [0, 0.05) is 28.9 Å². The van der Waals surface area contributed by atoms with Crippen LogP contribution in [0.25, 0.3) is 0 Å². The Morgan fingerprint density at radius 2 is 2.06 bits per heavy atom. The van der Waals surface area contributed by atoms with E-state index in [4.69, 9.17) is 0 Å². The Hall–Kier alpha value is -0.380. The van der Waals surface area contributed by atoms with E-state index in [1.807, 2.05) is 11.3 Å². The standard InChI is InChI=1S/C15H26N2S/c1-3-5-10-17(13-6-7-13)12-15-9-8-14(18-15)11-16-4-2/h8-9,13,16H,3-7,10-12H2,1-2H3. The minimum Gasteiger partial charge on any atom is -0.312 e. The molecule has 0 amide bonds. The smallest absolute Gasteiger partial charge is 0.0330 e. The van der Waals surface area contributed by atoms with Crippen molar-refractivity contribution in [3.8, 4) is 0 Å². The Morgan fingerprint density at radius 1 is 1.28 bits per heavy atom. The lowest BCUT2D eigenvalue weighted by atomic mass is 10.3. The van der Waals surface area contributed by atoms with Gasteiger partial charge in [-0.05, 0) is 44.5 Å². The summed E-state index contributed by atoms with van der Waals surface area (Å²) in [7, 11) is 0. The van der Waals surface area contributed by atoms with Gasteiger partial charge in [-0.15, -0.1) is 11.3 Å². The highest BCUT2D eigenvalue weighted by atomic mass is 32.1. The average molecular weight is 266 g/mol. The molecule has 1 aromatic rings. The van der Waals surface area contributed by atoms with E-state index >= 15 is 0 Å². The summed E-state index contributed by atoms with van der Waals surface area (Å²) in [5, 5.41) is 3.40. The number of hydrogen-bond donors (Lipinski definition) is 1. The SMILES string of the molecule is CCCCN(Cc1ccc(CNCC)s1)C1CC1. The first kappa shape index (κ1) is 14.0. The molecule has 0 unspecified atom stereocenters. The van der Waals surface area contributed by atoms with Gasteiger partial charge in [0.2, 0.25) is 0 Å². The Morgan fingerprint density at radius 3 is 2.72 bits per heavy atom. The monoisotopic (exact) mass is 266 g/mol. The van der Waals surface area contributed by atoms with E-state index in [2.05, 4.69) is 36.2 Å². The maximum atomic E-state index is 3.40. The van der Waals surface area contributed by atoms with E-state index in [-0.39, 0.29) is 0 Å². The molecule has 18 heavy (non-hydrogen) atoms. The molecule has 2 rings (SSSR count). The van der Waals surface area contributed by atoms with Crippen LogP contribution in [0.15, 0.2) is 12.1 Å². The lowest BCUT2D eigenvalue weighted by molar-refractivity contribution is 0.253. The second-order valence-electron chi connectivity index (χ2n) is 5.20. The molecule has 1 saturated carbocycles. The van der Waals surface area contributed by atoms with E-state index in [1.165, 1.54) is 48.5 Å². The van der Waals surface area contributed by atoms with E-state index in [0.29, 0.717) is 0 Å². The first-order valence-corrected chi connectivity index (χ1v) is 8.17. The Kier molecular flexibility index (Phi) is 5.67. The second-order valence-corrected chi connectivity index (χ2v) is 6.46. The number of thiophene rings is 1. The van der Waals surface area contributed by atoms with Crippen molar-refractivity contribution in [1.82, 2.24) is 10.2 Å². The third-order valence-corrected chi connectivity index (χ3v) is 4.56. The van der Waals surface area contributed by atoms with Crippen molar-refractivity contribution in [3.05, 3.63) is 21.9 Å². The summed E-state index contributed by atoms with van der Waals surface area (Å²) in [5.74, 6) is 0. The fourth-order valence-electron chi connectivity index (χ4n) is 2.24. The van der Waals surface area contributed by atoms with E-state index in [9.17, 15) is 0 Å². The van der Waals surface area contributed by atoms with Crippen molar-refractivity contribution < 1.29 is 0 Å². The lowest BCUT2D eigenvalue weighted by Crippen LogP contribution is -2.26. The normalized spacial score (nSPS) is 15.5. The Balaban J connectivity index is 1.83. The molecule has 0 spiro atoms. The van der Waals surface area contributed by atoms with Crippen LogP contribution in [0.4, 0.5) is 0 Å². The fourth-order valence-corrected chi connectivity index (χ4v) is 3.26. The number of unbranched alkanes of at least 4 members (excludes halogenated alkanes) is 1. The minimum absolute atomic E-state index is 0.885. The van der Waals surface area contributed by atoms with Gasteiger partial charge in [0.05, 0.1) is 0 Å². The molecule has 1 fully saturated rings. The Bertz CT molecular complexity index is 344. The number of nitrogens with one attached hydrogen (secondary N) is 1. The molecular weight excluding hydrogens is 240 g/mol. The minimum atomic E-state index is 0.885. The van der Waals surface area contributed by atoms with Gasteiger partial charge in [0.15, 0.2) is 0 Å². The maximum Gasteiger partial charge on any atom is 0.0330 e. The van der Waals surface area contributed by atoms with Crippen LogP contribution in [0.1, 0.15) is 49.3 Å². The largest absolute Gasteiger partial charge is 0.312 e. The third kappa shape index (κ3) is 4.38. The average Bonchev–Trinajstić information content (AvgIpc) is 3.13. The van der Waals surface area contributed by atoms with Gasteiger partial charge < -0.3 is 5.32 Å². The fraction of sp³-hybridized carbons (Fsp3) is 0.733. The van der Waals surface area contributed by atoms with Crippen LogP contribution in [0.5, 0.6) is 0 Å². The van der Waals surface area contributed by atoms with Crippen molar-refractivity contribution in [2.45, 2.75) is 58.7 Å². The number of rotatable bonds is 9. The summed E-state index contributed by atoms with van der Waals surface area (Å²) < 4.78 is 0. The summed E-state index contributed by atoms with van der Waals surface area (Å²) in [4.78, 5) is 5.69. The van der Waals surface area contributed by atoms with Crippen molar-refractivity contribution in [2.75, 3.05) is 13.1 Å². The van der Waals surface area contributed by atoms with Gasteiger partial charge in [0.1, 0.15) is 0 Å². The van der Waals surface area contributed by atoms with Crippen LogP contribution in [-0.4, -0.2) is 24.0 Å². The molecule has 1 heterocycles. The first-order valence-electron chi connectivity index (χ1n) is 7.35. The number of hydrogen-bond acceptors (Lipinski definition) is 3. The molecule has 3 heteroatoms. The van der Waals surface area contributed by atoms with Gasteiger partial charge in [-0.3, -0.25) is 4.90 Å². The van der Waals surface area contributed by atoms with Gasteiger partial charge >= 0.3 is 0 Å². The molecule has 0 aromatic carbocycles. The predicted octanol–water partition coefficient (Wildman–Crippen LogP) is 3.62. The summed E-state index contributed by atoms with van der Waals surface area (Å²) >= 11 is 1.98. The van der Waals surface area contributed by atoms with Crippen LogP contribution in [-0.2, 0) is 13.1 Å². The van der Waals surface area contributed by atoms with Crippen molar-refractivity contribution in [1.29, 1.82) is 0 Å². The molecule has 0 aliphatic heterocycles. The highest BCUT2D eigenvalue weighted by Gasteiger charge is 2.28. The Labute approximate surface area is 115 Å². The van der Waals surface area contributed by atoms with Crippen molar-refractivity contribution in [3.63, 3.8) is 0 Å². The van der Waals surface area contributed by atoms with Crippen LogP contribution < -0.4 is 5.32 Å². The molecule has 1 aromatic heterocycles. The zero-order chi connectivity index (χ0) is 12.8. The molecule has 0 radical (unpaired) electrons. The van der Waals surface area contributed by atoms with Crippen molar-refractivity contribution in [2.24, 2.45) is 0 Å². The summed E-state index contributed by atoms with van der Waals surface area (Å²) in [5.41, 5.74) is 0. The molecule has 0 bridgehead atoms. The quantitative estimate of drug-likeness (QED) is 0.734. The van der Waals surface area contributed by atoms with E-state index < -0.39 is 0 Å². The van der Waals surface area contributed by atoms with E-state index in [0.717, 1.165) is 19.1 Å². The topological polar surface area (TPSA) is 15.3 Å². The van der Waals surface area contributed by atoms with Gasteiger partial charge in [-0.2, -0.15) is 0 Å². The van der Waals surface area contributed by atoms with E-state index in [1.54, 1.807) is 0 Å². The van der Waals surface area contributed by atoms with Crippen LogP contribution >= 0.6 is 11.3 Å². The molecule has 1 aliphatic rings. The summed E-state index contributed by atoms with van der Waals surface area (Å²) in [6.07, 6.45) is 5.48. The molecule has 0 saturated heterocycles. The molecular formula is C15H26N2S. The summed E-state index contributed by atoms with van der Waals surface area (Å²) in [6, 6.07) is 5.49. The molecule has 0 atom stereocenters. The number of nitrogens with zero attached hydrogens (tertiary/aromatic N) is 1. The van der Waals surface area contributed by atoms with Gasteiger partial charge in [-0.1, -0.05) is 20.3 Å². The molecule has 2 nitrogen and oxygen atoms in total. The molecule has 1 N–H and O–H groups in total. The molecule has 1 aliphatic carbocycles. The van der Waals surface area contributed by atoms with Crippen LogP contribution in [0, 0.1) is 0 Å². The maximum absolute atomic E-state index is 3.40. The zero-order valence-corrected chi connectivity index (χ0v) is 12.6. The third-order valence-electron chi connectivity index (χ3n) is 3.49. The predicted molar refractivity (Wildman–Crippen MR) is 80.0 cm³/mol. The molecule has 102 valence electrons. The van der Waals surface area contributed by atoms with Crippen LogP contribution in [0.3, 0.4) is 0 Å². The van der Waals surface area contributed by atoms with Gasteiger partial charge in [-0.25, -0.2) is 0 Å². The zero-order valence-electron chi connectivity index (χ0n) is 11.7. The van der Waals surface area contributed by atoms with Crippen LogP contribution in [0.2, 0.25) is 0 Å². The summed E-state index contributed by atoms with van der Waals surface area (Å²) in [6.45, 7) is 8.97. The second kappa shape index (κ2) is 7.27. The lowest BCUT2D eigenvalue weighted by Gasteiger charge is -2.20.